The van der Waals surface area contributed by atoms with Crippen LogP contribution in [0.1, 0.15) is 16.1 Å². The predicted octanol–water partition coefficient (Wildman–Crippen LogP) is 2.30. The Hall–Kier alpha value is -1.62. The van der Waals surface area contributed by atoms with Gasteiger partial charge in [-0.2, -0.15) is 0 Å². The van der Waals surface area contributed by atoms with Crippen molar-refractivity contribution < 1.29 is 9.21 Å². The molecular formula is C9H8N2O2S. The van der Waals surface area contributed by atoms with Gasteiger partial charge in [0.1, 0.15) is 6.26 Å². The molecule has 0 atom stereocenters. The van der Waals surface area contributed by atoms with E-state index in [-0.39, 0.29) is 5.91 Å². The van der Waals surface area contributed by atoms with Gasteiger partial charge in [-0.1, -0.05) is 0 Å². The molecule has 1 N–H and O–H groups in total. The maximum absolute atomic E-state index is 11.5. The number of carbonyl (C=O) groups is 1. The van der Waals surface area contributed by atoms with Gasteiger partial charge in [0.15, 0.2) is 5.13 Å². The molecule has 0 radical (unpaired) electrons. The zero-order valence-corrected chi connectivity index (χ0v) is 8.30. The Balaban J connectivity index is 2.09. The first kappa shape index (κ1) is 8.96. The zero-order valence-electron chi connectivity index (χ0n) is 7.48. The van der Waals surface area contributed by atoms with Crippen molar-refractivity contribution >= 4 is 22.4 Å². The summed E-state index contributed by atoms with van der Waals surface area (Å²) in [5.41, 5.74) is 1.40. The first-order valence-electron chi connectivity index (χ1n) is 4.01. The lowest BCUT2D eigenvalue weighted by atomic mass is 10.3. The topological polar surface area (TPSA) is 55.1 Å². The quantitative estimate of drug-likeness (QED) is 0.823. The van der Waals surface area contributed by atoms with Crippen LogP contribution >= 0.6 is 11.3 Å². The Morgan fingerprint density at radius 1 is 1.64 bits per heavy atom. The van der Waals surface area contributed by atoms with E-state index in [1.165, 1.54) is 23.9 Å². The van der Waals surface area contributed by atoms with Crippen molar-refractivity contribution in [2.24, 2.45) is 0 Å². The minimum atomic E-state index is -0.201. The summed E-state index contributed by atoms with van der Waals surface area (Å²) in [6.45, 7) is 1.88. The number of rotatable bonds is 2. The van der Waals surface area contributed by atoms with Gasteiger partial charge < -0.3 is 4.42 Å². The zero-order chi connectivity index (χ0) is 9.97. The molecule has 0 unspecified atom stereocenters. The average Bonchev–Trinajstić information content (AvgIpc) is 2.75. The number of anilines is 1. The van der Waals surface area contributed by atoms with E-state index in [2.05, 4.69) is 10.3 Å². The Morgan fingerprint density at radius 3 is 3.07 bits per heavy atom. The number of nitrogens with zero attached hydrogens (tertiary/aromatic N) is 1. The van der Waals surface area contributed by atoms with Gasteiger partial charge in [-0.05, 0) is 13.0 Å². The van der Waals surface area contributed by atoms with Crippen molar-refractivity contribution in [2.75, 3.05) is 5.32 Å². The highest BCUT2D eigenvalue weighted by Gasteiger charge is 2.08. The highest BCUT2D eigenvalue weighted by molar-refractivity contribution is 7.13. The Kier molecular flexibility index (Phi) is 2.32. The van der Waals surface area contributed by atoms with Gasteiger partial charge in [-0.15, -0.1) is 11.3 Å². The predicted molar refractivity (Wildman–Crippen MR) is 53.5 cm³/mol. The molecule has 72 valence electrons. The largest absolute Gasteiger partial charge is 0.472 e. The molecule has 1 amide bonds. The molecule has 0 saturated heterocycles. The lowest BCUT2D eigenvalue weighted by Crippen LogP contribution is -2.10. The fraction of sp³-hybridized carbons (Fsp3) is 0.111. The smallest absolute Gasteiger partial charge is 0.260 e. The molecule has 0 aliphatic rings. The summed E-state index contributed by atoms with van der Waals surface area (Å²) in [4.78, 5) is 15.6. The van der Waals surface area contributed by atoms with Crippen molar-refractivity contribution in [1.82, 2.24) is 4.98 Å². The van der Waals surface area contributed by atoms with Crippen LogP contribution in [-0.2, 0) is 0 Å². The van der Waals surface area contributed by atoms with E-state index in [1.807, 2.05) is 12.3 Å². The van der Waals surface area contributed by atoms with Crippen molar-refractivity contribution in [3.8, 4) is 0 Å². The van der Waals surface area contributed by atoms with Crippen LogP contribution in [0, 0.1) is 6.92 Å². The van der Waals surface area contributed by atoms with Crippen LogP contribution in [0.25, 0.3) is 0 Å². The van der Waals surface area contributed by atoms with Gasteiger partial charge in [0, 0.05) is 5.38 Å². The molecule has 2 aromatic rings. The minimum absolute atomic E-state index is 0.201. The monoisotopic (exact) mass is 208 g/mol. The number of carbonyl (C=O) groups excluding carboxylic acids is 1. The average molecular weight is 208 g/mol. The number of furan rings is 1. The summed E-state index contributed by atoms with van der Waals surface area (Å²) in [7, 11) is 0. The number of nitrogens with one attached hydrogen (secondary N) is 1. The number of amides is 1. The van der Waals surface area contributed by atoms with Crippen LogP contribution in [-0.4, -0.2) is 10.9 Å². The summed E-state index contributed by atoms with van der Waals surface area (Å²) in [6, 6.07) is 1.61. The summed E-state index contributed by atoms with van der Waals surface area (Å²) in [5.74, 6) is -0.201. The van der Waals surface area contributed by atoms with Crippen LogP contribution in [0.5, 0.6) is 0 Å². The molecular weight excluding hydrogens is 200 g/mol. The van der Waals surface area contributed by atoms with E-state index < -0.39 is 0 Å². The highest BCUT2D eigenvalue weighted by Crippen LogP contribution is 2.15. The lowest BCUT2D eigenvalue weighted by molar-refractivity contribution is 0.102. The van der Waals surface area contributed by atoms with E-state index in [0.29, 0.717) is 10.7 Å². The fourth-order valence-electron chi connectivity index (χ4n) is 0.974. The molecule has 2 rings (SSSR count). The molecule has 4 nitrogen and oxygen atoms in total. The van der Waals surface area contributed by atoms with E-state index in [4.69, 9.17) is 4.42 Å². The van der Waals surface area contributed by atoms with Crippen molar-refractivity contribution in [1.29, 1.82) is 0 Å². The number of thiazole rings is 1. The van der Waals surface area contributed by atoms with Gasteiger partial charge in [0.2, 0.25) is 0 Å². The van der Waals surface area contributed by atoms with Crippen LogP contribution < -0.4 is 5.32 Å². The third-order valence-corrected chi connectivity index (χ3v) is 2.50. The van der Waals surface area contributed by atoms with Gasteiger partial charge in [-0.25, -0.2) is 4.98 Å². The van der Waals surface area contributed by atoms with Crippen LogP contribution in [0.3, 0.4) is 0 Å². The second kappa shape index (κ2) is 3.63. The van der Waals surface area contributed by atoms with E-state index in [9.17, 15) is 4.79 Å². The Bertz CT molecular complexity index is 433. The number of aryl methyl sites for hydroxylation is 1. The SMILES string of the molecule is Cc1csc(NC(=O)c2ccoc2)n1. The van der Waals surface area contributed by atoms with Gasteiger partial charge in [0.05, 0.1) is 17.5 Å². The molecule has 0 saturated carbocycles. The molecule has 0 aliphatic heterocycles. The van der Waals surface area contributed by atoms with Gasteiger partial charge >= 0.3 is 0 Å². The molecule has 0 bridgehead atoms. The Labute approximate surface area is 84.6 Å². The summed E-state index contributed by atoms with van der Waals surface area (Å²) >= 11 is 1.40. The van der Waals surface area contributed by atoms with Crippen molar-refractivity contribution in [2.45, 2.75) is 6.92 Å². The molecule has 0 spiro atoms. The molecule has 2 aromatic heterocycles. The second-order valence-electron chi connectivity index (χ2n) is 2.76. The molecule has 5 heteroatoms. The van der Waals surface area contributed by atoms with E-state index >= 15 is 0 Å². The minimum Gasteiger partial charge on any atom is -0.472 e. The van der Waals surface area contributed by atoms with E-state index in [1.54, 1.807) is 6.07 Å². The van der Waals surface area contributed by atoms with Crippen LogP contribution in [0.4, 0.5) is 5.13 Å². The van der Waals surface area contributed by atoms with Gasteiger partial charge in [0.25, 0.3) is 5.91 Å². The molecule has 0 fully saturated rings. The van der Waals surface area contributed by atoms with E-state index in [0.717, 1.165) is 5.69 Å². The molecule has 0 aliphatic carbocycles. The van der Waals surface area contributed by atoms with Crippen molar-refractivity contribution in [3.63, 3.8) is 0 Å². The first-order chi connectivity index (χ1) is 6.75. The van der Waals surface area contributed by atoms with Crippen molar-refractivity contribution in [3.05, 3.63) is 35.2 Å². The number of hydrogen-bond acceptors (Lipinski definition) is 4. The number of hydrogen-bond donors (Lipinski definition) is 1. The van der Waals surface area contributed by atoms with Crippen LogP contribution in [0.15, 0.2) is 28.4 Å². The summed E-state index contributed by atoms with van der Waals surface area (Å²) < 4.78 is 4.80. The molecule has 14 heavy (non-hydrogen) atoms. The lowest BCUT2D eigenvalue weighted by Gasteiger charge is -1.96. The molecule has 0 aromatic carbocycles. The van der Waals surface area contributed by atoms with Crippen LogP contribution in [0.2, 0.25) is 0 Å². The maximum Gasteiger partial charge on any atom is 0.260 e. The second-order valence-corrected chi connectivity index (χ2v) is 3.62. The molecule has 2 heterocycles. The third kappa shape index (κ3) is 1.82. The normalized spacial score (nSPS) is 10.1. The summed E-state index contributed by atoms with van der Waals surface area (Å²) in [5, 5.41) is 5.16. The standard InChI is InChI=1S/C9H8N2O2S/c1-6-5-14-9(10-6)11-8(12)7-2-3-13-4-7/h2-5H,1H3,(H,10,11,12). The Morgan fingerprint density at radius 2 is 2.50 bits per heavy atom. The first-order valence-corrected chi connectivity index (χ1v) is 4.89. The third-order valence-electron chi connectivity index (χ3n) is 1.62. The highest BCUT2D eigenvalue weighted by atomic mass is 32.1. The fourth-order valence-corrected chi connectivity index (χ4v) is 1.66. The summed E-state index contributed by atoms with van der Waals surface area (Å²) in [6.07, 6.45) is 2.86. The maximum atomic E-state index is 11.5. The number of aromatic nitrogens is 1. The van der Waals surface area contributed by atoms with Gasteiger partial charge in [-0.3, -0.25) is 10.1 Å².